The number of carbonyl (C=O) groups excluding carboxylic acids is 4. The van der Waals surface area contributed by atoms with Gasteiger partial charge in [-0.25, -0.2) is 9.59 Å². The first-order valence-corrected chi connectivity index (χ1v) is 8.49. The molecule has 0 saturated heterocycles. The zero-order valence-electron chi connectivity index (χ0n) is 16.6. The summed E-state index contributed by atoms with van der Waals surface area (Å²) < 4.78 is 9.83. The summed E-state index contributed by atoms with van der Waals surface area (Å²) in [5, 5.41) is 7.48. The van der Waals surface area contributed by atoms with E-state index >= 15 is 0 Å². The van der Waals surface area contributed by atoms with Gasteiger partial charge in [-0.15, -0.1) is 0 Å². The highest BCUT2D eigenvalue weighted by molar-refractivity contribution is 5.90. The summed E-state index contributed by atoms with van der Waals surface area (Å²) in [5.74, 6) is -1.74. The lowest BCUT2D eigenvalue weighted by atomic mass is 10.0. The average Bonchev–Trinajstić information content (AvgIpc) is 2.53. The Morgan fingerprint density at radius 3 is 2.04 bits per heavy atom. The minimum absolute atomic E-state index is 0.0440. The summed E-state index contributed by atoms with van der Waals surface area (Å²) >= 11 is 0. The molecular weight excluding hydrogens is 342 g/mol. The molecule has 0 saturated carbocycles. The highest BCUT2D eigenvalue weighted by Crippen LogP contribution is 2.10. The molecule has 0 rings (SSSR count). The minimum atomic E-state index is -0.994. The van der Waals surface area contributed by atoms with Crippen molar-refractivity contribution in [1.82, 2.24) is 16.0 Å². The van der Waals surface area contributed by atoms with Crippen molar-refractivity contribution >= 4 is 23.9 Å². The van der Waals surface area contributed by atoms with Crippen LogP contribution in [0.4, 0.5) is 4.79 Å². The van der Waals surface area contributed by atoms with E-state index in [1.807, 2.05) is 0 Å². The summed E-state index contributed by atoms with van der Waals surface area (Å²) in [6.45, 7) is 8.63. The van der Waals surface area contributed by atoms with Gasteiger partial charge in [-0.1, -0.05) is 13.8 Å². The summed E-state index contributed by atoms with van der Waals surface area (Å²) in [6.07, 6.45) is -0.608. The van der Waals surface area contributed by atoms with Crippen LogP contribution in [0.15, 0.2) is 0 Å². The third-order valence-electron chi connectivity index (χ3n) is 3.36. The first kappa shape index (κ1) is 23.7. The van der Waals surface area contributed by atoms with Gasteiger partial charge < -0.3 is 25.4 Å². The molecule has 9 nitrogen and oxygen atoms in total. The number of rotatable bonds is 8. The smallest absolute Gasteiger partial charge is 0.408 e. The third-order valence-corrected chi connectivity index (χ3v) is 3.36. The van der Waals surface area contributed by atoms with E-state index in [9.17, 15) is 19.2 Å². The molecular formula is C17H31N3O6. The zero-order chi connectivity index (χ0) is 20.5. The molecule has 0 aromatic carbocycles. The van der Waals surface area contributed by atoms with Crippen LogP contribution in [0.3, 0.4) is 0 Å². The van der Waals surface area contributed by atoms with E-state index < -0.39 is 35.7 Å². The van der Waals surface area contributed by atoms with Gasteiger partial charge in [0.2, 0.25) is 11.8 Å². The Bertz CT molecular complexity index is 513. The molecule has 0 heterocycles. The summed E-state index contributed by atoms with van der Waals surface area (Å²) in [6, 6.07) is -1.90. The van der Waals surface area contributed by atoms with Gasteiger partial charge in [0.15, 0.2) is 0 Å². The molecule has 0 aromatic rings. The predicted octanol–water partition coefficient (Wildman–Crippen LogP) is 0.720. The molecule has 9 heteroatoms. The predicted molar refractivity (Wildman–Crippen MR) is 95.2 cm³/mol. The summed E-state index contributed by atoms with van der Waals surface area (Å²) in [7, 11) is 2.67. The Labute approximate surface area is 154 Å². The van der Waals surface area contributed by atoms with Crippen molar-refractivity contribution in [3.05, 3.63) is 0 Å². The fourth-order valence-corrected chi connectivity index (χ4v) is 2.02. The van der Waals surface area contributed by atoms with Gasteiger partial charge in [0.1, 0.15) is 17.7 Å². The normalized spacial score (nSPS) is 13.4. The van der Waals surface area contributed by atoms with E-state index in [0.29, 0.717) is 0 Å². The maximum Gasteiger partial charge on any atom is 0.408 e. The molecule has 0 aromatic heterocycles. The number of ether oxygens (including phenoxy) is 2. The second-order valence-corrected chi connectivity index (χ2v) is 7.16. The first-order chi connectivity index (χ1) is 11.9. The highest BCUT2D eigenvalue weighted by atomic mass is 16.6. The Balaban J connectivity index is 5.04. The van der Waals surface area contributed by atoms with Crippen molar-refractivity contribution in [3.8, 4) is 0 Å². The van der Waals surface area contributed by atoms with E-state index in [1.54, 1.807) is 34.6 Å². The van der Waals surface area contributed by atoms with Crippen LogP contribution in [-0.2, 0) is 23.9 Å². The number of hydrogen-bond acceptors (Lipinski definition) is 6. The second kappa shape index (κ2) is 10.6. The molecule has 3 amide bonds. The first-order valence-electron chi connectivity index (χ1n) is 8.49. The number of amides is 3. The van der Waals surface area contributed by atoms with E-state index in [-0.39, 0.29) is 24.7 Å². The molecule has 0 aliphatic rings. The van der Waals surface area contributed by atoms with Crippen LogP contribution < -0.4 is 16.0 Å². The molecule has 0 radical (unpaired) electrons. The second-order valence-electron chi connectivity index (χ2n) is 7.16. The Kier molecular flexibility index (Phi) is 9.67. The molecule has 150 valence electrons. The van der Waals surface area contributed by atoms with Crippen LogP contribution in [-0.4, -0.2) is 55.7 Å². The average molecular weight is 373 g/mol. The van der Waals surface area contributed by atoms with Gasteiger partial charge >= 0.3 is 12.1 Å². The molecule has 2 atom stereocenters. The fourth-order valence-electron chi connectivity index (χ4n) is 2.02. The van der Waals surface area contributed by atoms with E-state index in [1.165, 1.54) is 14.2 Å². The van der Waals surface area contributed by atoms with Crippen molar-refractivity contribution < 1.29 is 28.7 Å². The van der Waals surface area contributed by atoms with Crippen LogP contribution in [0.2, 0.25) is 0 Å². The van der Waals surface area contributed by atoms with Crippen LogP contribution in [0.1, 0.15) is 47.5 Å². The SMILES string of the molecule is CNC(=O)CC[C@H](NC(=O)[C@@H](NC(=O)OC(C)(C)C)C(C)C)C(=O)OC. The van der Waals surface area contributed by atoms with Gasteiger partial charge in [0, 0.05) is 13.5 Å². The van der Waals surface area contributed by atoms with E-state index in [2.05, 4.69) is 20.7 Å². The largest absolute Gasteiger partial charge is 0.467 e. The molecule has 0 aliphatic heterocycles. The lowest BCUT2D eigenvalue weighted by molar-refractivity contribution is -0.145. The molecule has 0 spiro atoms. The lowest BCUT2D eigenvalue weighted by Crippen LogP contribution is -2.54. The molecule has 0 unspecified atom stereocenters. The number of esters is 1. The van der Waals surface area contributed by atoms with Gasteiger partial charge in [-0.2, -0.15) is 0 Å². The van der Waals surface area contributed by atoms with Crippen molar-refractivity contribution in [1.29, 1.82) is 0 Å². The summed E-state index contributed by atoms with van der Waals surface area (Å²) in [5.41, 5.74) is -0.704. The van der Waals surface area contributed by atoms with Crippen molar-refractivity contribution in [2.45, 2.75) is 65.1 Å². The van der Waals surface area contributed by atoms with E-state index in [4.69, 9.17) is 4.74 Å². The zero-order valence-corrected chi connectivity index (χ0v) is 16.6. The van der Waals surface area contributed by atoms with Gasteiger partial charge in [0.25, 0.3) is 0 Å². The number of alkyl carbamates (subject to hydrolysis) is 1. The fraction of sp³-hybridized carbons (Fsp3) is 0.765. The minimum Gasteiger partial charge on any atom is -0.467 e. The number of methoxy groups -OCH3 is 1. The highest BCUT2D eigenvalue weighted by Gasteiger charge is 2.30. The van der Waals surface area contributed by atoms with Gasteiger partial charge in [0.05, 0.1) is 7.11 Å². The number of hydrogen-bond donors (Lipinski definition) is 3. The molecule has 3 N–H and O–H groups in total. The standard InChI is InChI=1S/C17H31N3O6/c1-10(2)13(20-16(24)26-17(3,4)5)14(22)19-11(15(23)25-7)8-9-12(21)18-6/h10-11,13H,8-9H2,1-7H3,(H,18,21)(H,19,22)(H,20,24)/t11-,13-/m0/s1. The van der Waals surface area contributed by atoms with Crippen molar-refractivity contribution in [3.63, 3.8) is 0 Å². The Morgan fingerprint density at radius 1 is 1.04 bits per heavy atom. The van der Waals surface area contributed by atoms with Gasteiger partial charge in [-0.05, 0) is 33.1 Å². The molecule has 0 bridgehead atoms. The maximum atomic E-state index is 12.5. The molecule has 0 aliphatic carbocycles. The molecule has 0 fully saturated rings. The van der Waals surface area contributed by atoms with Crippen molar-refractivity contribution in [2.24, 2.45) is 5.92 Å². The quantitative estimate of drug-likeness (QED) is 0.539. The van der Waals surface area contributed by atoms with Gasteiger partial charge in [-0.3, -0.25) is 9.59 Å². The van der Waals surface area contributed by atoms with Crippen molar-refractivity contribution in [2.75, 3.05) is 14.2 Å². The van der Waals surface area contributed by atoms with Crippen LogP contribution >= 0.6 is 0 Å². The third kappa shape index (κ3) is 9.24. The van der Waals surface area contributed by atoms with E-state index in [0.717, 1.165) is 0 Å². The summed E-state index contributed by atoms with van der Waals surface area (Å²) in [4.78, 5) is 47.7. The van der Waals surface area contributed by atoms with Crippen LogP contribution in [0, 0.1) is 5.92 Å². The number of carbonyl (C=O) groups is 4. The Hall–Kier alpha value is -2.32. The van der Waals surface area contributed by atoms with Crippen LogP contribution in [0.5, 0.6) is 0 Å². The number of nitrogens with one attached hydrogen (secondary N) is 3. The maximum absolute atomic E-state index is 12.5. The Morgan fingerprint density at radius 2 is 1.62 bits per heavy atom. The lowest BCUT2D eigenvalue weighted by Gasteiger charge is -2.26. The molecule has 26 heavy (non-hydrogen) atoms. The monoisotopic (exact) mass is 373 g/mol. The topological polar surface area (TPSA) is 123 Å². The van der Waals surface area contributed by atoms with Crippen LogP contribution in [0.25, 0.3) is 0 Å².